The molecule has 2 aromatic heterocycles. The number of hydrogen-bond acceptors (Lipinski definition) is 2. The van der Waals surface area contributed by atoms with Crippen molar-refractivity contribution in [1.29, 1.82) is 0 Å². The van der Waals surface area contributed by atoms with Gasteiger partial charge >= 0.3 is 6.03 Å². The summed E-state index contributed by atoms with van der Waals surface area (Å²) in [5.41, 5.74) is 3.85. The molecule has 0 aliphatic carbocycles. The molecule has 0 fully saturated rings. The van der Waals surface area contributed by atoms with Gasteiger partial charge in [0.05, 0.1) is 0 Å². The van der Waals surface area contributed by atoms with Crippen LogP contribution in [-0.4, -0.2) is 22.1 Å². The van der Waals surface area contributed by atoms with Gasteiger partial charge in [-0.2, -0.15) is 0 Å². The predicted octanol–water partition coefficient (Wildman–Crippen LogP) is 5.02. The second-order valence-electron chi connectivity index (χ2n) is 7.17. The van der Waals surface area contributed by atoms with Crippen molar-refractivity contribution in [2.45, 2.75) is 33.7 Å². The minimum Gasteiger partial charge on any atom is -0.338 e. The number of fused-ring (bicyclic) bond motifs is 1. The quantitative estimate of drug-likeness (QED) is 0.627. The van der Waals surface area contributed by atoms with Crippen LogP contribution in [0, 0.1) is 12.8 Å². The standard InChI is InChI=1S/C21H25ClN4O/c1-14(2)12-26-13-16(18-5-4-9-23-20(18)26)8-10-24-21(27)25-17-7-6-15(3)19(22)11-17/h4-7,9,11,13-14H,8,10,12H2,1-3H3,(H2,24,25,27). The molecular formula is C21H25ClN4O. The number of hydrogen-bond donors (Lipinski definition) is 2. The maximum atomic E-state index is 12.1. The summed E-state index contributed by atoms with van der Waals surface area (Å²) in [5, 5.41) is 7.50. The lowest BCUT2D eigenvalue weighted by molar-refractivity contribution is 0.252. The average Bonchev–Trinajstić information content (AvgIpc) is 2.96. The second-order valence-corrected chi connectivity index (χ2v) is 7.58. The molecule has 0 aliphatic heterocycles. The predicted molar refractivity (Wildman–Crippen MR) is 111 cm³/mol. The Hall–Kier alpha value is -2.53. The van der Waals surface area contributed by atoms with E-state index in [0.717, 1.165) is 29.6 Å². The Bertz CT molecular complexity index is 949. The summed E-state index contributed by atoms with van der Waals surface area (Å²) in [5.74, 6) is 0.542. The lowest BCUT2D eigenvalue weighted by Crippen LogP contribution is -2.30. The topological polar surface area (TPSA) is 59.0 Å². The van der Waals surface area contributed by atoms with Crippen LogP contribution in [0.5, 0.6) is 0 Å². The molecule has 142 valence electrons. The lowest BCUT2D eigenvalue weighted by atomic mass is 10.1. The van der Waals surface area contributed by atoms with Crippen molar-refractivity contribution in [3.05, 3.63) is 58.9 Å². The van der Waals surface area contributed by atoms with Gasteiger partial charge in [-0.15, -0.1) is 0 Å². The number of amides is 2. The number of nitrogens with zero attached hydrogens (tertiary/aromatic N) is 2. The van der Waals surface area contributed by atoms with Crippen molar-refractivity contribution >= 4 is 34.4 Å². The second kappa shape index (κ2) is 8.44. The van der Waals surface area contributed by atoms with Crippen molar-refractivity contribution in [3.63, 3.8) is 0 Å². The number of nitrogens with one attached hydrogen (secondary N) is 2. The van der Waals surface area contributed by atoms with Crippen LogP contribution in [0.3, 0.4) is 0 Å². The smallest absolute Gasteiger partial charge is 0.319 e. The maximum Gasteiger partial charge on any atom is 0.319 e. The number of halogens is 1. The van der Waals surface area contributed by atoms with E-state index < -0.39 is 0 Å². The number of anilines is 1. The molecule has 0 bridgehead atoms. The molecule has 6 heteroatoms. The van der Waals surface area contributed by atoms with E-state index in [2.05, 4.69) is 46.3 Å². The van der Waals surface area contributed by atoms with Crippen LogP contribution in [-0.2, 0) is 13.0 Å². The molecular weight excluding hydrogens is 360 g/mol. The molecule has 0 spiro atoms. The van der Waals surface area contributed by atoms with E-state index >= 15 is 0 Å². The van der Waals surface area contributed by atoms with E-state index in [1.165, 1.54) is 5.56 Å². The molecule has 0 atom stereocenters. The average molecular weight is 385 g/mol. The number of aryl methyl sites for hydroxylation is 1. The minimum absolute atomic E-state index is 0.237. The molecule has 5 nitrogen and oxygen atoms in total. The molecule has 2 N–H and O–H groups in total. The highest BCUT2D eigenvalue weighted by atomic mass is 35.5. The van der Waals surface area contributed by atoms with Crippen LogP contribution < -0.4 is 10.6 Å². The highest BCUT2D eigenvalue weighted by molar-refractivity contribution is 6.31. The molecule has 2 amide bonds. The zero-order valence-electron chi connectivity index (χ0n) is 15.9. The first-order valence-electron chi connectivity index (χ1n) is 9.18. The zero-order chi connectivity index (χ0) is 19.4. The van der Waals surface area contributed by atoms with Gasteiger partial charge in [-0.3, -0.25) is 0 Å². The van der Waals surface area contributed by atoms with Gasteiger partial charge in [-0.05, 0) is 54.7 Å². The van der Waals surface area contributed by atoms with Gasteiger partial charge in [0.25, 0.3) is 0 Å². The highest BCUT2D eigenvalue weighted by Crippen LogP contribution is 2.21. The monoisotopic (exact) mass is 384 g/mol. The summed E-state index contributed by atoms with van der Waals surface area (Å²) < 4.78 is 2.20. The molecule has 3 aromatic rings. The molecule has 2 heterocycles. The van der Waals surface area contributed by atoms with Crippen LogP contribution in [0.15, 0.2) is 42.7 Å². The molecule has 0 unspecified atom stereocenters. The Labute approximate surface area is 164 Å². The fourth-order valence-electron chi connectivity index (χ4n) is 3.08. The van der Waals surface area contributed by atoms with Crippen LogP contribution in [0.1, 0.15) is 25.0 Å². The molecule has 3 rings (SSSR count). The third kappa shape index (κ3) is 4.80. The van der Waals surface area contributed by atoms with Crippen LogP contribution >= 0.6 is 11.6 Å². The van der Waals surface area contributed by atoms with Crippen molar-refractivity contribution in [2.24, 2.45) is 5.92 Å². The van der Waals surface area contributed by atoms with Gasteiger partial charge in [0.15, 0.2) is 0 Å². The van der Waals surface area contributed by atoms with E-state index in [-0.39, 0.29) is 6.03 Å². The number of carbonyl (C=O) groups is 1. The molecule has 0 saturated heterocycles. The first-order valence-corrected chi connectivity index (χ1v) is 9.55. The van der Waals surface area contributed by atoms with Crippen molar-refractivity contribution in [3.8, 4) is 0 Å². The molecule has 0 aliphatic rings. The van der Waals surface area contributed by atoms with Crippen LogP contribution in [0.25, 0.3) is 11.0 Å². The van der Waals surface area contributed by atoms with Gasteiger partial charge in [0.2, 0.25) is 0 Å². The van der Waals surface area contributed by atoms with E-state index in [1.54, 1.807) is 6.07 Å². The van der Waals surface area contributed by atoms with Crippen molar-refractivity contribution in [1.82, 2.24) is 14.9 Å². The molecule has 1 aromatic carbocycles. The number of benzene rings is 1. The fourth-order valence-corrected chi connectivity index (χ4v) is 3.26. The summed E-state index contributed by atoms with van der Waals surface area (Å²) in [6, 6.07) is 9.27. The van der Waals surface area contributed by atoms with Gasteiger partial charge in [-0.1, -0.05) is 31.5 Å². The van der Waals surface area contributed by atoms with Crippen molar-refractivity contribution in [2.75, 3.05) is 11.9 Å². The number of urea groups is 1. The van der Waals surface area contributed by atoms with Gasteiger partial charge in [-0.25, -0.2) is 9.78 Å². The Morgan fingerprint density at radius 1 is 1.30 bits per heavy atom. The van der Waals surface area contributed by atoms with E-state index in [0.29, 0.717) is 23.2 Å². The Kier molecular flexibility index (Phi) is 6.01. The highest BCUT2D eigenvalue weighted by Gasteiger charge is 2.11. The minimum atomic E-state index is -0.237. The maximum absolute atomic E-state index is 12.1. The van der Waals surface area contributed by atoms with Gasteiger partial charge < -0.3 is 15.2 Å². The van der Waals surface area contributed by atoms with E-state index in [4.69, 9.17) is 11.6 Å². The Balaban J connectivity index is 1.61. The van der Waals surface area contributed by atoms with Gasteiger partial charge in [0.1, 0.15) is 5.65 Å². The first-order chi connectivity index (χ1) is 12.9. The summed E-state index contributed by atoms with van der Waals surface area (Å²) in [6.45, 7) is 7.78. The largest absolute Gasteiger partial charge is 0.338 e. The van der Waals surface area contributed by atoms with Crippen LogP contribution in [0.4, 0.5) is 10.5 Å². The molecule has 27 heavy (non-hydrogen) atoms. The third-order valence-electron chi connectivity index (χ3n) is 4.39. The number of aromatic nitrogens is 2. The summed E-state index contributed by atoms with van der Waals surface area (Å²) >= 11 is 6.10. The van der Waals surface area contributed by atoms with Crippen LogP contribution in [0.2, 0.25) is 5.02 Å². The summed E-state index contributed by atoms with van der Waals surface area (Å²) in [7, 11) is 0. The SMILES string of the molecule is Cc1ccc(NC(=O)NCCc2cn(CC(C)C)c3ncccc23)cc1Cl. The van der Waals surface area contributed by atoms with E-state index in [9.17, 15) is 4.79 Å². The van der Waals surface area contributed by atoms with E-state index in [1.807, 2.05) is 31.3 Å². The summed E-state index contributed by atoms with van der Waals surface area (Å²) in [6.07, 6.45) is 4.72. The number of pyridine rings is 1. The normalized spacial score (nSPS) is 11.1. The number of carbonyl (C=O) groups excluding carboxylic acids is 1. The number of rotatable bonds is 6. The Morgan fingerprint density at radius 3 is 2.85 bits per heavy atom. The zero-order valence-corrected chi connectivity index (χ0v) is 16.7. The molecule has 0 radical (unpaired) electrons. The third-order valence-corrected chi connectivity index (χ3v) is 4.80. The Morgan fingerprint density at radius 2 is 2.11 bits per heavy atom. The summed E-state index contributed by atoms with van der Waals surface area (Å²) in [4.78, 5) is 16.7. The lowest BCUT2D eigenvalue weighted by Gasteiger charge is -2.08. The first kappa shape index (κ1) is 19.2. The fraction of sp³-hybridized carbons (Fsp3) is 0.333. The molecule has 0 saturated carbocycles. The van der Waals surface area contributed by atoms with Gasteiger partial charge in [0, 0.05) is 41.6 Å². The van der Waals surface area contributed by atoms with Crippen molar-refractivity contribution < 1.29 is 4.79 Å².